The van der Waals surface area contributed by atoms with Crippen molar-refractivity contribution in [2.75, 3.05) is 0 Å². The van der Waals surface area contributed by atoms with E-state index in [1.807, 2.05) is 6.07 Å². The first-order valence-corrected chi connectivity index (χ1v) is 3.26. The van der Waals surface area contributed by atoms with Crippen LogP contribution in [0, 0.1) is 0 Å². The fraction of sp³-hybridized carbons (Fsp3) is 0.143. The summed E-state index contributed by atoms with van der Waals surface area (Å²) in [5.41, 5.74) is 1.39. The minimum absolute atomic E-state index is 0.176. The van der Waals surface area contributed by atoms with Crippen molar-refractivity contribution in [3.63, 3.8) is 0 Å². The highest BCUT2D eigenvalue weighted by Crippen LogP contribution is 2.19. The second-order valence-corrected chi connectivity index (χ2v) is 2.36. The lowest BCUT2D eigenvalue weighted by Gasteiger charge is -1.91. The van der Waals surface area contributed by atoms with E-state index in [0.29, 0.717) is 5.52 Å². The molecule has 0 unspecified atom stereocenters. The molecule has 56 valence electrons. The molecular formula is C7H7N3O. The van der Waals surface area contributed by atoms with Crippen LogP contribution >= 0.6 is 0 Å². The van der Waals surface area contributed by atoms with Crippen molar-refractivity contribution < 1.29 is 5.11 Å². The van der Waals surface area contributed by atoms with Crippen LogP contribution < -0.4 is 0 Å². The molecule has 1 N–H and O–H groups in total. The maximum absolute atomic E-state index is 9.27. The van der Waals surface area contributed by atoms with Crippen LogP contribution in [0.4, 0.5) is 0 Å². The number of aromatic hydroxyl groups is 1. The third-order valence-electron chi connectivity index (χ3n) is 1.62. The van der Waals surface area contributed by atoms with Gasteiger partial charge in [-0.05, 0) is 12.1 Å². The van der Waals surface area contributed by atoms with E-state index in [4.69, 9.17) is 0 Å². The van der Waals surface area contributed by atoms with E-state index in [2.05, 4.69) is 10.3 Å². The summed E-state index contributed by atoms with van der Waals surface area (Å²) in [6.45, 7) is 0. The number of hydrogen-bond acceptors (Lipinski definition) is 3. The van der Waals surface area contributed by atoms with Crippen LogP contribution in [0.5, 0.6) is 5.75 Å². The van der Waals surface area contributed by atoms with Gasteiger partial charge in [0.1, 0.15) is 5.75 Å². The second kappa shape index (κ2) is 1.95. The van der Waals surface area contributed by atoms with E-state index < -0.39 is 0 Å². The molecule has 0 saturated carbocycles. The van der Waals surface area contributed by atoms with Gasteiger partial charge in [-0.2, -0.15) is 0 Å². The van der Waals surface area contributed by atoms with Crippen molar-refractivity contribution in [1.82, 2.24) is 15.0 Å². The first kappa shape index (κ1) is 6.15. The lowest BCUT2D eigenvalue weighted by atomic mass is 10.3. The highest BCUT2D eigenvalue weighted by molar-refractivity contribution is 5.80. The maximum atomic E-state index is 9.27. The number of benzene rings is 1. The van der Waals surface area contributed by atoms with E-state index >= 15 is 0 Å². The third-order valence-corrected chi connectivity index (χ3v) is 1.62. The highest BCUT2D eigenvalue weighted by Gasteiger charge is 2.03. The molecule has 0 saturated heterocycles. The van der Waals surface area contributed by atoms with Crippen molar-refractivity contribution in [3.8, 4) is 5.75 Å². The van der Waals surface area contributed by atoms with Crippen LogP contribution in [0.1, 0.15) is 0 Å². The first-order valence-electron chi connectivity index (χ1n) is 3.26. The summed E-state index contributed by atoms with van der Waals surface area (Å²) in [7, 11) is 1.79. The molecule has 0 fully saturated rings. The minimum atomic E-state index is 0.176. The Kier molecular flexibility index (Phi) is 1.09. The van der Waals surface area contributed by atoms with Crippen molar-refractivity contribution in [2.24, 2.45) is 7.05 Å². The Morgan fingerprint density at radius 2 is 2.27 bits per heavy atom. The molecule has 0 aliphatic heterocycles. The quantitative estimate of drug-likeness (QED) is 0.599. The monoisotopic (exact) mass is 149 g/mol. The van der Waals surface area contributed by atoms with Crippen LogP contribution in [0.3, 0.4) is 0 Å². The van der Waals surface area contributed by atoms with Crippen molar-refractivity contribution in [1.29, 1.82) is 0 Å². The molecule has 0 amide bonds. The summed E-state index contributed by atoms with van der Waals surface area (Å²) in [5.74, 6) is 0.176. The van der Waals surface area contributed by atoms with Crippen molar-refractivity contribution >= 4 is 11.0 Å². The van der Waals surface area contributed by atoms with Crippen molar-refractivity contribution in [2.45, 2.75) is 0 Å². The second-order valence-electron chi connectivity index (χ2n) is 2.36. The average Bonchev–Trinajstić information content (AvgIpc) is 2.35. The zero-order chi connectivity index (χ0) is 7.84. The van der Waals surface area contributed by atoms with E-state index in [1.165, 1.54) is 0 Å². The number of rotatable bonds is 0. The van der Waals surface area contributed by atoms with Crippen LogP contribution in [0.25, 0.3) is 11.0 Å². The first-order chi connectivity index (χ1) is 5.29. The predicted octanol–water partition coefficient (Wildman–Crippen LogP) is 0.674. The molecule has 0 bridgehead atoms. The molecule has 0 radical (unpaired) electrons. The van der Waals surface area contributed by atoms with Gasteiger partial charge < -0.3 is 5.11 Å². The molecule has 1 aromatic heterocycles. The highest BCUT2D eigenvalue weighted by atomic mass is 16.3. The van der Waals surface area contributed by atoms with Gasteiger partial charge in [0.2, 0.25) is 0 Å². The summed E-state index contributed by atoms with van der Waals surface area (Å²) in [5, 5.41) is 16.8. The largest absolute Gasteiger partial charge is 0.506 e. The molecule has 0 aliphatic rings. The smallest absolute Gasteiger partial charge is 0.154 e. The zero-order valence-electron chi connectivity index (χ0n) is 6.02. The number of phenols is 1. The average molecular weight is 149 g/mol. The summed E-state index contributed by atoms with van der Waals surface area (Å²) in [6.07, 6.45) is 0. The Hall–Kier alpha value is -1.58. The molecular weight excluding hydrogens is 142 g/mol. The fourth-order valence-electron chi connectivity index (χ4n) is 1.04. The van der Waals surface area contributed by atoms with Gasteiger partial charge in [-0.25, -0.2) is 4.68 Å². The van der Waals surface area contributed by atoms with Gasteiger partial charge in [0.15, 0.2) is 5.52 Å². The summed E-state index contributed by atoms with van der Waals surface area (Å²) in [4.78, 5) is 0. The van der Waals surface area contributed by atoms with Gasteiger partial charge in [0.05, 0.1) is 5.52 Å². The van der Waals surface area contributed by atoms with Gasteiger partial charge in [0.25, 0.3) is 0 Å². The maximum Gasteiger partial charge on any atom is 0.154 e. The zero-order valence-corrected chi connectivity index (χ0v) is 6.02. The van der Waals surface area contributed by atoms with Gasteiger partial charge >= 0.3 is 0 Å². The SMILES string of the molecule is Cn1nnc2c(O)cccc21. The predicted molar refractivity (Wildman–Crippen MR) is 40.2 cm³/mol. The van der Waals surface area contributed by atoms with E-state index in [-0.39, 0.29) is 5.75 Å². The van der Waals surface area contributed by atoms with Crippen LogP contribution in [-0.2, 0) is 7.05 Å². The van der Waals surface area contributed by atoms with Crippen molar-refractivity contribution in [3.05, 3.63) is 18.2 Å². The molecule has 0 spiro atoms. The van der Waals surface area contributed by atoms with Gasteiger partial charge in [-0.3, -0.25) is 0 Å². The molecule has 11 heavy (non-hydrogen) atoms. The van der Waals surface area contributed by atoms with Gasteiger partial charge in [-0.1, -0.05) is 11.3 Å². The van der Waals surface area contributed by atoms with E-state index in [9.17, 15) is 5.11 Å². The lowest BCUT2D eigenvalue weighted by molar-refractivity contribution is 0.480. The number of aromatic nitrogens is 3. The summed E-state index contributed by atoms with van der Waals surface area (Å²) < 4.78 is 1.62. The molecule has 2 rings (SSSR count). The fourth-order valence-corrected chi connectivity index (χ4v) is 1.04. The number of aryl methyl sites for hydroxylation is 1. The molecule has 0 atom stereocenters. The van der Waals surface area contributed by atoms with Crippen LogP contribution in [0.2, 0.25) is 0 Å². The summed E-state index contributed by atoms with van der Waals surface area (Å²) in [6, 6.07) is 5.22. The topological polar surface area (TPSA) is 50.9 Å². The molecule has 1 aromatic carbocycles. The Bertz CT molecular complexity index is 393. The standard InChI is InChI=1S/C7H7N3O/c1-10-5-3-2-4-6(11)7(5)8-9-10/h2-4,11H,1H3. The normalized spacial score (nSPS) is 10.6. The van der Waals surface area contributed by atoms with Gasteiger partial charge in [-0.15, -0.1) is 5.10 Å². The lowest BCUT2D eigenvalue weighted by Crippen LogP contribution is -1.88. The molecule has 4 heteroatoms. The minimum Gasteiger partial charge on any atom is -0.506 e. The Morgan fingerprint density at radius 1 is 1.45 bits per heavy atom. The molecule has 2 aromatic rings. The van der Waals surface area contributed by atoms with Crippen LogP contribution in [-0.4, -0.2) is 20.1 Å². The third kappa shape index (κ3) is 0.756. The Labute approximate surface area is 63.1 Å². The number of phenolic OH excluding ortho intramolecular Hbond substituents is 1. The molecule has 0 aliphatic carbocycles. The number of hydrogen-bond donors (Lipinski definition) is 1. The summed E-state index contributed by atoms with van der Waals surface area (Å²) >= 11 is 0. The Morgan fingerprint density at radius 3 is 3.00 bits per heavy atom. The van der Waals surface area contributed by atoms with Crippen LogP contribution in [0.15, 0.2) is 18.2 Å². The number of fused-ring (bicyclic) bond motifs is 1. The van der Waals surface area contributed by atoms with E-state index in [0.717, 1.165) is 5.52 Å². The Balaban J connectivity index is 2.94. The number of nitrogens with zero attached hydrogens (tertiary/aromatic N) is 3. The molecule has 1 heterocycles. The molecule has 4 nitrogen and oxygen atoms in total. The van der Waals surface area contributed by atoms with Gasteiger partial charge in [0, 0.05) is 7.05 Å². The van der Waals surface area contributed by atoms with E-state index in [1.54, 1.807) is 23.9 Å².